The molecule has 2 saturated heterocycles. The van der Waals surface area contributed by atoms with Crippen molar-refractivity contribution in [1.82, 2.24) is 43.9 Å². The first-order valence-corrected chi connectivity index (χ1v) is 14.4. The molecule has 22 nitrogen and oxygen atoms in total. The van der Waals surface area contributed by atoms with Gasteiger partial charge in [-0.05, 0) is 21.0 Å². The number of nitrogens with two attached hydrogens (primary N) is 1. The molecule has 0 aromatic carbocycles. The quantitative estimate of drug-likeness (QED) is 0.0828. The van der Waals surface area contributed by atoms with E-state index in [4.69, 9.17) is 34.9 Å². The molecule has 266 valence electrons. The van der Waals surface area contributed by atoms with Crippen LogP contribution in [0.4, 0.5) is 5.95 Å². The molecule has 22 heteroatoms. The molecular formula is C26H40N10O12. The molecule has 8 atom stereocenters. The Balaban J connectivity index is 0.000000178. The summed E-state index contributed by atoms with van der Waals surface area (Å²) in [5.74, 6) is 0.298. The summed E-state index contributed by atoms with van der Waals surface area (Å²) in [4.78, 5) is 46.0. The van der Waals surface area contributed by atoms with Crippen molar-refractivity contribution < 1.29 is 49.6 Å². The van der Waals surface area contributed by atoms with Crippen LogP contribution in [0, 0.1) is 6.92 Å². The van der Waals surface area contributed by atoms with Crippen LogP contribution >= 0.6 is 0 Å². The van der Waals surface area contributed by atoms with E-state index in [1.807, 2.05) is 19.0 Å². The first-order valence-electron chi connectivity index (χ1n) is 14.4. The lowest BCUT2D eigenvalue weighted by Crippen LogP contribution is -2.33. The fourth-order valence-electron chi connectivity index (χ4n) is 5.09. The summed E-state index contributed by atoms with van der Waals surface area (Å²) in [6.45, 7) is 0.751. The van der Waals surface area contributed by atoms with Gasteiger partial charge in [-0.3, -0.25) is 28.6 Å². The molecule has 0 aliphatic carbocycles. The number of aliphatic hydroxyl groups is 6. The van der Waals surface area contributed by atoms with E-state index in [1.165, 1.54) is 21.8 Å². The Labute approximate surface area is 270 Å². The van der Waals surface area contributed by atoms with Crippen LogP contribution in [-0.4, -0.2) is 159 Å². The topological polar surface area (TPSA) is 315 Å². The van der Waals surface area contributed by atoms with E-state index in [0.717, 1.165) is 0 Å². The van der Waals surface area contributed by atoms with E-state index in [0.29, 0.717) is 5.82 Å². The van der Waals surface area contributed by atoms with Crippen molar-refractivity contribution in [3.8, 4) is 0 Å². The van der Waals surface area contributed by atoms with Crippen LogP contribution in [0.5, 0.6) is 0 Å². The highest BCUT2D eigenvalue weighted by Gasteiger charge is 2.45. The van der Waals surface area contributed by atoms with E-state index in [1.54, 1.807) is 21.1 Å². The molecule has 4 aromatic rings. The maximum atomic E-state index is 11.7. The lowest BCUT2D eigenvalue weighted by Gasteiger charge is -2.19. The molecule has 6 rings (SSSR count). The summed E-state index contributed by atoms with van der Waals surface area (Å²) in [5.41, 5.74) is 5.09. The number of rotatable bonds is 7. The normalized spacial score (nSPS) is 27.0. The third kappa shape index (κ3) is 7.37. The third-order valence-electron chi connectivity index (χ3n) is 7.41. The second-order valence-electron chi connectivity index (χ2n) is 11.0. The molecule has 2 unspecified atom stereocenters. The number of ether oxygens (including phenoxy) is 4. The smallest absolute Gasteiger partial charge is 0.280 e. The van der Waals surface area contributed by atoms with Gasteiger partial charge in [-0.2, -0.15) is 4.98 Å². The molecule has 0 radical (unpaired) electrons. The number of nitrogen functional groups attached to an aromatic ring is 1. The molecule has 2 aliphatic rings. The van der Waals surface area contributed by atoms with E-state index >= 15 is 0 Å². The fourth-order valence-corrected chi connectivity index (χ4v) is 5.09. The zero-order chi connectivity index (χ0) is 35.4. The molecule has 48 heavy (non-hydrogen) atoms. The lowest BCUT2D eigenvalue weighted by molar-refractivity contribution is -0.179. The Morgan fingerprint density at radius 1 is 0.833 bits per heavy atom. The summed E-state index contributed by atoms with van der Waals surface area (Å²) < 4.78 is 23.1. The number of nitrogens with zero attached hydrogens (tertiary/aromatic N) is 7. The molecule has 6 heterocycles. The number of nitrogens with one attached hydrogen (secondary N) is 2. The monoisotopic (exact) mass is 684 g/mol. The number of aromatic nitrogens is 8. The Kier molecular flexibility index (Phi) is 11.9. The van der Waals surface area contributed by atoms with Crippen molar-refractivity contribution >= 4 is 28.3 Å². The van der Waals surface area contributed by atoms with Crippen molar-refractivity contribution in [3.05, 3.63) is 39.2 Å². The first kappa shape index (κ1) is 36.9. The van der Waals surface area contributed by atoms with Crippen molar-refractivity contribution in [3.63, 3.8) is 0 Å². The summed E-state index contributed by atoms with van der Waals surface area (Å²) in [6, 6.07) is 0. The Hall–Kier alpha value is -3.94. The second-order valence-corrected chi connectivity index (χ2v) is 11.0. The molecule has 0 spiro atoms. The minimum Gasteiger partial charge on any atom is -0.394 e. The van der Waals surface area contributed by atoms with E-state index < -0.39 is 73.4 Å². The minimum atomic E-state index is -1.29. The summed E-state index contributed by atoms with van der Waals surface area (Å²) in [5, 5.41) is 57.5. The number of aliphatic hydroxyl groups excluding tert-OH is 6. The van der Waals surface area contributed by atoms with Crippen molar-refractivity contribution in [2.24, 2.45) is 0 Å². The van der Waals surface area contributed by atoms with E-state index in [2.05, 4.69) is 29.9 Å². The number of imidazole rings is 2. The standard InChI is InChI=1S/C11H14N4O5.C10H13N5O5.C5H13NO2/c1-4-13-9-6(10(19)14-4)12-3-15(9)11-8(18)7(17)5(2-16)20-11;11-10-13-7-4(8(19)14-10)12-2-15(7)9-6(18)5(17)3(1-16)20-9;1-6(2)5(7-3)8-4/h3,5,7-8,11,16-18H,2H2,1H3,(H,13,14,19);2-3,5-6,9,16-18H,1H2,(H3,11,13,14,19);5H,1-4H3/t5-,7?,8+,11-;3-,5?,6+,9-;/m11./s1. The average molecular weight is 685 g/mol. The second kappa shape index (κ2) is 15.5. The fraction of sp³-hybridized carbons (Fsp3) is 0.615. The van der Waals surface area contributed by atoms with Gasteiger partial charge in [-0.25, -0.2) is 15.0 Å². The highest BCUT2D eigenvalue weighted by atomic mass is 16.7. The maximum absolute atomic E-state index is 11.7. The van der Waals surface area contributed by atoms with Crippen LogP contribution in [0.1, 0.15) is 18.3 Å². The number of hydrogen-bond donors (Lipinski definition) is 9. The van der Waals surface area contributed by atoms with Crippen LogP contribution in [0.3, 0.4) is 0 Å². The number of methoxy groups -OCH3 is 2. The minimum absolute atomic E-state index is 0.0388. The third-order valence-corrected chi connectivity index (χ3v) is 7.41. The molecule has 4 aromatic heterocycles. The highest BCUT2D eigenvalue weighted by molar-refractivity contribution is 5.71. The molecule has 0 saturated carbocycles. The number of H-pyrrole nitrogens is 2. The molecule has 2 aliphatic heterocycles. The van der Waals surface area contributed by atoms with E-state index in [9.17, 15) is 30.0 Å². The Morgan fingerprint density at radius 2 is 1.27 bits per heavy atom. The van der Waals surface area contributed by atoms with Crippen LogP contribution < -0.4 is 16.9 Å². The van der Waals surface area contributed by atoms with Gasteiger partial charge in [-0.1, -0.05) is 0 Å². The number of fused-ring (bicyclic) bond motifs is 2. The number of anilines is 1. The van der Waals surface area contributed by atoms with Crippen molar-refractivity contribution in [1.29, 1.82) is 0 Å². The van der Waals surface area contributed by atoms with E-state index in [-0.39, 0.29) is 34.7 Å². The predicted octanol–water partition coefficient (Wildman–Crippen LogP) is -4.52. The maximum Gasteiger partial charge on any atom is 0.280 e. The van der Waals surface area contributed by atoms with Crippen LogP contribution in [0.2, 0.25) is 0 Å². The van der Waals surface area contributed by atoms with Crippen molar-refractivity contribution in [2.45, 2.75) is 62.4 Å². The first-order chi connectivity index (χ1) is 22.8. The Bertz CT molecular complexity index is 1650. The van der Waals surface area contributed by atoms with Crippen LogP contribution in [0.25, 0.3) is 22.3 Å². The van der Waals surface area contributed by atoms with Gasteiger partial charge in [0.05, 0.1) is 25.9 Å². The zero-order valence-corrected chi connectivity index (χ0v) is 26.6. The predicted molar refractivity (Wildman–Crippen MR) is 163 cm³/mol. The van der Waals surface area contributed by atoms with Crippen LogP contribution in [0.15, 0.2) is 22.2 Å². The SMILES string of the molecule is COC(OC)N(C)C.Cc1nc2c(ncn2[C@@H]2O[C@H](CO)C(O)[C@@H]2O)c(=O)[nH]1.Nc1nc2c(ncn2[C@@H]2O[C@H](CO)C(O)[C@@H]2O)c(=O)[nH]1. The summed E-state index contributed by atoms with van der Waals surface area (Å²) in [7, 11) is 6.98. The van der Waals surface area contributed by atoms with Gasteiger partial charge in [0.1, 0.15) is 42.4 Å². The Morgan fingerprint density at radius 3 is 1.65 bits per heavy atom. The highest BCUT2D eigenvalue weighted by Crippen LogP contribution is 2.32. The summed E-state index contributed by atoms with van der Waals surface area (Å²) >= 11 is 0. The van der Waals surface area contributed by atoms with Gasteiger partial charge in [0.15, 0.2) is 34.8 Å². The number of hydrogen-bond acceptors (Lipinski definition) is 18. The van der Waals surface area contributed by atoms with Gasteiger partial charge in [0, 0.05) is 14.2 Å². The van der Waals surface area contributed by atoms with Crippen molar-refractivity contribution in [2.75, 3.05) is 47.3 Å². The molecule has 2 fully saturated rings. The molecule has 10 N–H and O–H groups in total. The number of aromatic amines is 2. The van der Waals surface area contributed by atoms with Gasteiger partial charge < -0.3 is 60.3 Å². The number of aryl methyl sites for hydroxylation is 1. The van der Waals surface area contributed by atoms with Gasteiger partial charge in [0.2, 0.25) is 12.4 Å². The van der Waals surface area contributed by atoms with Gasteiger partial charge in [-0.15, -0.1) is 0 Å². The van der Waals surface area contributed by atoms with Gasteiger partial charge in [0.25, 0.3) is 11.1 Å². The molecule has 0 bridgehead atoms. The summed E-state index contributed by atoms with van der Waals surface area (Å²) in [6.07, 6.45) is -6.43. The largest absolute Gasteiger partial charge is 0.394 e. The van der Waals surface area contributed by atoms with Gasteiger partial charge >= 0.3 is 0 Å². The van der Waals surface area contributed by atoms with Crippen LogP contribution in [-0.2, 0) is 18.9 Å². The lowest BCUT2D eigenvalue weighted by atomic mass is 10.1. The molecular weight excluding hydrogens is 644 g/mol. The molecule has 0 amide bonds. The average Bonchev–Trinajstić information content (AvgIpc) is 3.79. The zero-order valence-electron chi connectivity index (χ0n) is 26.6.